The van der Waals surface area contributed by atoms with E-state index >= 15 is 0 Å². The number of aromatic nitrogens is 2. The topological polar surface area (TPSA) is 64.9 Å². The molecule has 1 aromatic heterocycles. The Hall–Kier alpha value is -1.75. The molecular formula is C10H10FN3O. The van der Waals surface area contributed by atoms with Crippen molar-refractivity contribution in [2.45, 2.75) is 13.0 Å². The number of benzene rings is 1. The van der Waals surface area contributed by atoms with E-state index in [-0.39, 0.29) is 11.9 Å². The highest BCUT2D eigenvalue weighted by Gasteiger charge is 2.11. The van der Waals surface area contributed by atoms with E-state index in [4.69, 9.17) is 10.2 Å². The van der Waals surface area contributed by atoms with E-state index in [2.05, 4.69) is 10.2 Å². The van der Waals surface area contributed by atoms with Gasteiger partial charge in [-0.1, -0.05) is 0 Å². The van der Waals surface area contributed by atoms with Gasteiger partial charge in [0.15, 0.2) is 0 Å². The van der Waals surface area contributed by atoms with Crippen LogP contribution < -0.4 is 5.73 Å². The first kappa shape index (κ1) is 9.79. The van der Waals surface area contributed by atoms with E-state index in [1.807, 2.05) is 0 Å². The molecule has 0 radical (unpaired) electrons. The van der Waals surface area contributed by atoms with Gasteiger partial charge in [0.1, 0.15) is 5.82 Å². The van der Waals surface area contributed by atoms with Gasteiger partial charge in [-0.05, 0) is 31.2 Å². The second-order valence-corrected chi connectivity index (χ2v) is 3.24. The van der Waals surface area contributed by atoms with Gasteiger partial charge in [-0.15, -0.1) is 10.2 Å². The van der Waals surface area contributed by atoms with Gasteiger partial charge in [0.25, 0.3) is 0 Å². The Morgan fingerprint density at radius 2 is 1.93 bits per heavy atom. The van der Waals surface area contributed by atoms with Gasteiger partial charge in [0.2, 0.25) is 11.8 Å². The summed E-state index contributed by atoms with van der Waals surface area (Å²) >= 11 is 0. The van der Waals surface area contributed by atoms with Crippen molar-refractivity contribution in [1.29, 1.82) is 0 Å². The number of rotatable bonds is 2. The molecule has 1 aromatic carbocycles. The molecule has 2 aromatic rings. The first-order valence-corrected chi connectivity index (χ1v) is 4.52. The van der Waals surface area contributed by atoms with Crippen LogP contribution in [0, 0.1) is 5.82 Å². The van der Waals surface area contributed by atoms with Crippen LogP contribution in [0.15, 0.2) is 28.7 Å². The fourth-order valence-corrected chi connectivity index (χ4v) is 1.13. The van der Waals surface area contributed by atoms with Crippen LogP contribution in [0.4, 0.5) is 4.39 Å². The maximum atomic E-state index is 12.6. The second kappa shape index (κ2) is 3.78. The van der Waals surface area contributed by atoms with Gasteiger partial charge in [-0.3, -0.25) is 0 Å². The molecule has 78 valence electrons. The zero-order valence-corrected chi connectivity index (χ0v) is 8.14. The summed E-state index contributed by atoms with van der Waals surface area (Å²) in [5.74, 6) is 0.419. The predicted octanol–water partition coefficient (Wildman–Crippen LogP) is 1.90. The Bertz CT molecular complexity index is 450. The van der Waals surface area contributed by atoms with E-state index < -0.39 is 0 Å². The molecular weight excluding hydrogens is 197 g/mol. The van der Waals surface area contributed by atoms with Crippen molar-refractivity contribution in [1.82, 2.24) is 10.2 Å². The van der Waals surface area contributed by atoms with E-state index in [1.54, 1.807) is 19.1 Å². The van der Waals surface area contributed by atoms with Crippen LogP contribution in [0.25, 0.3) is 11.5 Å². The molecule has 0 saturated carbocycles. The van der Waals surface area contributed by atoms with Gasteiger partial charge >= 0.3 is 0 Å². The molecule has 0 aliphatic heterocycles. The highest BCUT2D eigenvalue weighted by molar-refractivity contribution is 5.51. The first-order chi connectivity index (χ1) is 7.16. The maximum Gasteiger partial charge on any atom is 0.247 e. The average molecular weight is 207 g/mol. The van der Waals surface area contributed by atoms with Crippen LogP contribution >= 0.6 is 0 Å². The van der Waals surface area contributed by atoms with Crippen LogP contribution in [0.1, 0.15) is 18.9 Å². The average Bonchev–Trinajstić information content (AvgIpc) is 2.68. The van der Waals surface area contributed by atoms with Gasteiger partial charge in [0.05, 0.1) is 6.04 Å². The summed E-state index contributed by atoms with van der Waals surface area (Å²) < 4.78 is 18.0. The minimum Gasteiger partial charge on any atom is -0.419 e. The molecule has 2 rings (SSSR count). The number of hydrogen-bond acceptors (Lipinski definition) is 4. The van der Waals surface area contributed by atoms with Gasteiger partial charge in [0, 0.05) is 5.56 Å². The van der Waals surface area contributed by atoms with Crippen molar-refractivity contribution >= 4 is 0 Å². The minimum atomic E-state index is -0.300. The lowest BCUT2D eigenvalue weighted by molar-refractivity contribution is 0.473. The SMILES string of the molecule is CC(N)c1nnc(-c2ccc(F)cc2)o1. The molecule has 2 N–H and O–H groups in total. The Morgan fingerprint density at radius 3 is 2.47 bits per heavy atom. The van der Waals surface area contributed by atoms with Crippen LogP contribution in [0.2, 0.25) is 0 Å². The molecule has 0 bridgehead atoms. The second-order valence-electron chi connectivity index (χ2n) is 3.24. The van der Waals surface area contributed by atoms with Crippen molar-refractivity contribution < 1.29 is 8.81 Å². The quantitative estimate of drug-likeness (QED) is 0.816. The van der Waals surface area contributed by atoms with E-state index in [9.17, 15) is 4.39 Å². The summed E-state index contributed by atoms with van der Waals surface area (Å²) in [6.07, 6.45) is 0. The summed E-state index contributed by atoms with van der Waals surface area (Å²) in [6.45, 7) is 1.75. The smallest absolute Gasteiger partial charge is 0.247 e. The molecule has 1 atom stereocenters. The van der Waals surface area contributed by atoms with E-state index in [0.717, 1.165) is 0 Å². The summed E-state index contributed by atoms with van der Waals surface area (Å²) in [5, 5.41) is 7.60. The Labute approximate surface area is 85.9 Å². The van der Waals surface area contributed by atoms with Crippen molar-refractivity contribution in [2.24, 2.45) is 5.73 Å². The van der Waals surface area contributed by atoms with Crippen molar-refractivity contribution in [2.75, 3.05) is 0 Å². The molecule has 0 amide bonds. The first-order valence-electron chi connectivity index (χ1n) is 4.52. The fourth-order valence-electron chi connectivity index (χ4n) is 1.13. The Balaban J connectivity index is 2.33. The molecule has 4 nitrogen and oxygen atoms in total. The van der Waals surface area contributed by atoms with Crippen LogP contribution in [-0.2, 0) is 0 Å². The summed E-state index contributed by atoms with van der Waals surface area (Å²) in [5.41, 5.74) is 6.25. The standard InChI is InChI=1S/C10H10FN3O/c1-6(12)9-13-14-10(15-9)7-2-4-8(11)5-3-7/h2-6H,12H2,1H3. The third-order valence-electron chi connectivity index (χ3n) is 1.92. The zero-order chi connectivity index (χ0) is 10.8. The van der Waals surface area contributed by atoms with Gasteiger partial charge < -0.3 is 10.2 Å². The third kappa shape index (κ3) is 2.02. The predicted molar refractivity (Wildman–Crippen MR) is 52.3 cm³/mol. The minimum absolute atomic E-state index is 0.299. The molecule has 0 aliphatic carbocycles. The molecule has 5 heteroatoms. The highest BCUT2D eigenvalue weighted by atomic mass is 19.1. The maximum absolute atomic E-state index is 12.6. The van der Waals surface area contributed by atoms with Crippen LogP contribution in [-0.4, -0.2) is 10.2 Å². The molecule has 0 fully saturated rings. The van der Waals surface area contributed by atoms with Crippen molar-refractivity contribution in [3.8, 4) is 11.5 Å². The molecule has 0 aliphatic rings. The number of nitrogens with zero attached hydrogens (tertiary/aromatic N) is 2. The van der Waals surface area contributed by atoms with Crippen LogP contribution in [0.5, 0.6) is 0 Å². The Kier molecular flexibility index (Phi) is 2.47. The Morgan fingerprint density at radius 1 is 1.27 bits per heavy atom. The van der Waals surface area contributed by atoms with E-state index in [1.165, 1.54) is 12.1 Å². The van der Waals surface area contributed by atoms with Crippen molar-refractivity contribution in [3.05, 3.63) is 36.0 Å². The number of hydrogen-bond donors (Lipinski definition) is 1. The third-order valence-corrected chi connectivity index (χ3v) is 1.92. The fraction of sp³-hybridized carbons (Fsp3) is 0.200. The molecule has 15 heavy (non-hydrogen) atoms. The molecule has 1 heterocycles. The molecule has 1 unspecified atom stereocenters. The lowest BCUT2D eigenvalue weighted by Crippen LogP contribution is -2.04. The number of nitrogens with two attached hydrogens (primary N) is 1. The van der Waals surface area contributed by atoms with Gasteiger partial charge in [-0.25, -0.2) is 4.39 Å². The normalized spacial score (nSPS) is 12.7. The number of halogens is 1. The summed E-state index contributed by atoms with van der Waals surface area (Å²) in [7, 11) is 0. The van der Waals surface area contributed by atoms with Crippen LogP contribution in [0.3, 0.4) is 0 Å². The molecule has 0 spiro atoms. The van der Waals surface area contributed by atoms with E-state index in [0.29, 0.717) is 17.3 Å². The monoisotopic (exact) mass is 207 g/mol. The highest BCUT2D eigenvalue weighted by Crippen LogP contribution is 2.19. The lowest BCUT2D eigenvalue weighted by Gasteiger charge is -1.96. The largest absolute Gasteiger partial charge is 0.419 e. The lowest BCUT2D eigenvalue weighted by atomic mass is 10.2. The van der Waals surface area contributed by atoms with Crippen molar-refractivity contribution in [3.63, 3.8) is 0 Å². The van der Waals surface area contributed by atoms with Gasteiger partial charge in [-0.2, -0.15) is 0 Å². The summed E-state index contributed by atoms with van der Waals surface area (Å²) in [4.78, 5) is 0. The summed E-state index contributed by atoms with van der Waals surface area (Å²) in [6, 6.07) is 5.53. The zero-order valence-electron chi connectivity index (χ0n) is 8.14. The molecule has 0 saturated heterocycles.